The van der Waals surface area contributed by atoms with E-state index in [2.05, 4.69) is 10.4 Å². The molecule has 9 heteroatoms. The van der Waals surface area contributed by atoms with E-state index in [1.165, 1.54) is 24.3 Å². The maximum Gasteiger partial charge on any atom is 0.305 e. The number of Topliss-reactive ketones (excluding diaryl/α,β-unsaturated/α-hetero) is 1. The van der Waals surface area contributed by atoms with Crippen molar-refractivity contribution >= 4 is 17.7 Å². The molecule has 0 aliphatic rings. The number of rotatable bonds is 9. The lowest BCUT2D eigenvalue weighted by molar-refractivity contribution is -0.137. The van der Waals surface area contributed by atoms with Crippen molar-refractivity contribution in [3.05, 3.63) is 77.2 Å². The number of carboxylic acids is 1. The number of benzene rings is 2. The number of nitrogens with zero attached hydrogens (tertiary/aromatic N) is 2. The van der Waals surface area contributed by atoms with Crippen LogP contribution in [-0.4, -0.2) is 39.2 Å². The zero-order valence-corrected chi connectivity index (χ0v) is 20.0. The maximum absolute atomic E-state index is 14.5. The van der Waals surface area contributed by atoms with Gasteiger partial charge < -0.3 is 15.2 Å². The first kappa shape index (κ1) is 25.6. The van der Waals surface area contributed by atoms with Gasteiger partial charge in [0.05, 0.1) is 12.5 Å². The highest BCUT2D eigenvalue weighted by molar-refractivity contribution is 5.93. The molecule has 0 fully saturated rings. The van der Waals surface area contributed by atoms with Crippen LogP contribution in [0.3, 0.4) is 0 Å². The van der Waals surface area contributed by atoms with Crippen LogP contribution >= 0.6 is 0 Å². The number of halogens is 1. The van der Waals surface area contributed by atoms with Crippen LogP contribution in [-0.2, 0) is 9.59 Å². The predicted molar refractivity (Wildman–Crippen MR) is 127 cm³/mol. The standard InChI is InChI=1S/C26H28FN3O5/c1-16-8-7-9-17(12-16)19(14-24(32)33)28-25(34)20-13-23(35-15-22(31)26(2,3)4)30(29-20)21-11-6-5-10-18(21)27/h5-13,19H,14-15H2,1-4H3,(H,28,34)(H,32,33)/t19-/m0/s1. The highest BCUT2D eigenvalue weighted by Crippen LogP contribution is 2.24. The van der Waals surface area contributed by atoms with Crippen molar-refractivity contribution in [2.75, 3.05) is 6.61 Å². The molecule has 0 saturated heterocycles. The smallest absolute Gasteiger partial charge is 0.305 e. The highest BCUT2D eigenvalue weighted by Gasteiger charge is 2.25. The summed E-state index contributed by atoms with van der Waals surface area (Å²) in [4.78, 5) is 36.9. The molecule has 35 heavy (non-hydrogen) atoms. The van der Waals surface area contributed by atoms with Crippen molar-refractivity contribution in [3.63, 3.8) is 0 Å². The van der Waals surface area contributed by atoms with Gasteiger partial charge in [-0.05, 0) is 24.6 Å². The van der Waals surface area contributed by atoms with Gasteiger partial charge in [0.2, 0.25) is 5.88 Å². The first-order chi connectivity index (χ1) is 16.5. The van der Waals surface area contributed by atoms with E-state index >= 15 is 0 Å². The number of aromatic nitrogens is 2. The van der Waals surface area contributed by atoms with Crippen molar-refractivity contribution in [1.82, 2.24) is 15.1 Å². The van der Waals surface area contributed by atoms with Gasteiger partial charge in [0.25, 0.3) is 5.91 Å². The second kappa shape index (κ2) is 10.5. The first-order valence-corrected chi connectivity index (χ1v) is 11.1. The minimum atomic E-state index is -1.08. The molecule has 1 atom stereocenters. The molecule has 184 valence electrons. The number of amides is 1. The number of hydrogen-bond acceptors (Lipinski definition) is 5. The molecule has 0 radical (unpaired) electrons. The third-order valence-electron chi connectivity index (χ3n) is 5.31. The lowest BCUT2D eigenvalue weighted by atomic mass is 9.91. The number of ether oxygens (including phenoxy) is 1. The first-order valence-electron chi connectivity index (χ1n) is 11.1. The van der Waals surface area contributed by atoms with Gasteiger partial charge in [0, 0.05) is 11.5 Å². The molecule has 0 spiro atoms. The number of ketones is 1. The highest BCUT2D eigenvalue weighted by atomic mass is 19.1. The van der Waals surface area contributed by atoms with Crippen LogP contribution in [0.1, 0.15) is 54.8 Å². The molecule has 2 N–H and O–H groups in total. The molecule has 1 heterocycles. The van der Waals surface area contributed by atoms with Crippen molar-refractivity contribution in [2.45, 2.75) is 40.2 Å². The summed E-state index contributed by atoms with van der Waals surface area (Å²) < 4.78 is 21.3. The van der Waals surface area contributed by atoms with Crippen LogP contribution in [0.25, 0.3) is 5.69 Å². The van der Waals surface area contributed by atoms with E-state index in [4.69, 9.17) is 4.74 Å². The monoisotopic (exact) mass is 481 g/mol. The van der Waals surface area contributed by atoms with Crippen LogP contribution < -0.4 is 10.1 Å². The van der Waals surface area contributed by atoms with E-state index in [1.807, 2.05) is 13.0 Å². The number of carbonyl (C=O) groups is 3. The summed E-state index contributed by atoms with van der Waals surface area (Å²) >= 11 is 0. The number of para-hydroxylation sites is 1. The normalized spacial score (nSPS) is 12.1. The Morgan fingerprint density at radius 2 is 1.83 bits per heavy atom. The third kappa shape index (κ3) is 6.53. The van der Waals surface area contributed by atoms with E-state index in [1.54, 1.807) is 45.0 Å². The molecule has 0 bridgehead atoms. The second-order valence-corrected chi connectivity index (χ2v) is 9.23. The van der Waals surface area contributed by atoms with Gasteiger partial charge in [-0.15, -0.1) is 0 Å². The Morgan fingerprint density at radius 1 is 1.11 bits per heavy atom. The topological polar surface area (TPSA) is 111 Å². The van der Waals surface area contributed by atoms with Crippen LogP contribution in [0.5, 0.6) is 5.88 Å². The Hall–Kier alpha value is -4.01. The molecular formula is C26H28FN3O5. The lowest BCUT2D eigenvalue weighted by Crippen LogP contribution is -2.30. The van der Waals surface area contributed by atoms with E-state index < -0.39 is 29.2 Å². The summed E-state index contributed by atoms with van der Waals surface area (Å²) in [6, 6.07) is 13.5. The van der Waals surface area contributed by atoms with E-state index in [0.29, 0.717) is 5.56 Å². The number of carboxylic acid groups (broad SMARTS) is 1. The molecule has 3 rings (SSSR count). The molecule has 1 amide bonds. The number of aryl methyl sites for hydroxylation is 1. The summed E-state index contributed by atoms with van der Waals surface area (Å²) in [5, 5.41) is 16.2. The minimum absolute atomic E-state index is 0.00295. The SMILES string of the molecule is Cc1cccc([C@H](CC(=O)O)NC(=O)c2cc(OCC(=O)C(C)(C)C)n(-c3ccccc3F)n2)c1. The number of aliphatic carboxylic acids is 1. The zero-order chi connectivity index (χ0) is 25.8. The zero-order valence-electron chi connectivity index (χ0n) is 20.0. The average Bonchev–Trinajstić information content (AvgIpc) is 3.20. The van der Waals surface area contributed by atoms with Crippen LogP contribution in [0, 0.1) is 18.2 Å². The van der Waals surface area contributed by atoms with Gasteiger partial charge in [0.15, 0.2) is 11.5 Å². The average molecular weight is 482 g/mol. The van der Waals surface area contributed by atoms with E-state index in [9.17, 15) is 23.9 Å². The van der Waals surface area contributed by atoms with Crippen molar-refractivity contribution < 1.29 is 28.6 Å². The lowest BCUT2D eigenvalue weighted by Gasteiger charge is -2.17. The summed E-state index contributed by atoms with van der Waals surface area (Å²) in [5.41, 5.74) is 0.803. The van der Waals surface area contributed by atoms with E-state index in [-0.39, 0.29) is 36.1 Å². The Kier molecular flexibility index (Phi) is 7.68. The second-order valence-electron chi connectivity index (χ2n) is 9.23. The van der Waals surface area contributed by atoms with Gasteiger partial charge in [0.1, 0.15) is 18.1 Å². The number of carbonyl (C=O) groups excluding carboxylic acids is 2. The summed E-state index contributed by atoms with van der Waals surface area (Å²) in [6.07, 6.45) is -0.341. The molecular weight excluding hydrogens is 453 g/mol. The van der Waals surface area contributed by atoms with Crippen LogP contribution in [0.2, 0.25) is 0 Å². The largest absolute Gasteiger partial charge is 0.481 e. The number of nitrogens with one attached hydrogen (secondary N) is 1. The summed E-state index contributed by atoms with van der Waals surface area (Å²) in [5.74, 6) is -2.54. The molecule has 1 aromatic heterocycles. The fourth-order valence-electron chi connectivity index (χ4n) is 3.28. The molecule has 0 saturated carbocycles. The quantitative estimate of drug-likeness (QED) is 0.473. The minimum Gasteiger partial charge on any atom is -0.481 e. The van der Waals surface area contributed by atoms with Crippen molar-refractivity contribution in [3.8, 4) is 11.6 Å². The Bertz CT molecular complexity index is 1250. The van der Waals surface area contributed by atoms with Crippen LogP contribution in [0.4, 0.5) is 4.39 Å². The summed E-state index contributed by atoms with van der Waals surface area (Å²) in [7, 11) is 0. The fourth-order valence-corrected chi connectivity index (χ4v) is 3.28. The Morgan fingerprint density at radius 3 is 2.46 bits per heavy atom. The molecule has 0 aliphatic heterocycles. The van der Waals surface area contributed by atoms with E-state index in [0.717, 1.165) is 10.2 Å². The predicted octanol–water partition coefficient (Wildman–Crippen LogP) is 4.26. The van der Waals surface area contributed by atoms with Crippen molar-refractivity contribution in [2.24, 2.45) is 5.41 Å². The number of hydrogen-bond donors (Lipinski definition) is 2. The van der Waals surface area contributed by atoms with Gasteiger partial charge in [-0.1, -0.05) is 62.7 Å². The van der Waals surface area contributed by atoms with Gasteiger partial charge in [-0.2, -0.15) is 9.78 Å². The Labute approximate surface area is 202 Å². The molecule has 0 unspecified atom stereocenters. The molecule has 0 aliphatic carbocycles. The summed E-state index contributed by atoms with van der Waals surface area (Å²) in [6.45, 7) is 6.82. The third-order valence-corrected chi connectivity index (χ3v) is 5.31. The Balaban J connectivity index is 1.94. The van der Waals surface area contributed by atoms with Gasteiger partial charge in [-0.3, -0.25) is 14.4 Å². The van der Waals surface area contributed by atoms with Crippen LogP contribution in [0.15, 0.2) is 54.6 Å². The van der Waals surface area contributed by atoms with Gasteiger partial charge >= 0.3 is 5.97 Å². The maximum atomic E-state index is 14.5. The molecule has 8 nitrogen and oxygen atoms in total. The van der Waals surface area contributed by atoms with Crippen molar-refractivity contribution in [1.29, 1.82) is 0 Å². The fraction of sp³-hybridized carbons (Fsp3) is 0.308. The molecule has 2 aromatic carbocycles. The molecule has 3 aromatic rings. The van der Waals surface area contributed by atoms with Gasteiger partial charge in [-0.25, -0.2) is 4.39 Å².